The van der Waals surface area contributed by atoms with Gasteiger partial charge in [0.2, 0.25) is 5.91 Å². The van der Waals surface area contributed by atoms with Crippen molar-refractivity contribution in [2.75, 3.05) is 31.1 Å². The predicted octanol–water partition coefficient (Wildman–Crippen LogP) is 2.09. The second-order valence-corrected chi connectivity index (χ2v) is 5.11. The zero-order valence-corrected chi connectivity index (χ0v) is 11.7. The van der Waals surface area contributed by atoms with Gasteiger partial charge in [-0.1, -0.05) is 26.0 Å². The van der Waals surface area contributed by atoms with E-state index in [0.29, 0.717) is 5.75 Å². The van der Waals surface area contributed by atoms with Crippen molar-refractivity contribution in [1.29, 1.82) is 0 Å². The Morgan fingerprint density at radius 2 is 1.89 bits per heavy atom. The summed E-state index contributed by atoms with van der Waals surface area (Å²) in [6, 6.07) is 7.36. The first-order valence-corrected chi connectivity index (χ1v) is 6.95. The summed E-state index contributed by atoms with van der Waals surface area (Å²) < 4.78 is 0. The lowest BCUT2D eigenvalue weighted by atomic mass is 10.1. The third-order valence-electron chi connectivity index (χ3n) is 3.85. The summed E-state index contributed by atoms with van der Waals surface area (Å²) in [6.07, 6.45) is 0.887. The minimum Gasteiger partial charge on any atom is -0.506 e. The number of benzene rings is 1. The van der Waals surface area contributed by atoms with E-state index in [1.54, 1.807) is 6.07 Å². The van der Waals surface area contributed by atoms with E-state index in [9.17, 15) is 9.90 Å². The van der Waals surface area contributed by atoms with E-state index >= 15 is 0 Å². The van der Waals surface area contributed by atoms with E-state index in [1.807, 2.05) is 36.9 Å². The summed E-state index contributed by atoms with van der Waals surface area (Å²) in [5.74, 6) is 0.667. The van der Waals surface area contributed by atoms with Crippen LogP contribution >= 0.6 is 0 Å². The Morgan fingerprint density at radius 3 is 2.47 bits per heavy atom. The third-order valence-corrected chi connectivity index (χ3v) is 3.85. The van der Waals surface area contributed by atoms with Gasteiger partial charge in [-0.3, -0.25) is 4.79 Å². The van der Waals surface area contributed by atoms with Crippen LogP contribution < -0.4 is 4.90 Å². The van der Waals surface area contributed by atoms with Gasteiger partial charge in [0, 0.05) is 32.1 Å². The fourth-order valence-electron chi connectivity index (χ4n) is 2.39. The van der Waals surface area contributed by atoms with Crippen LogP contribution in [0.3, 0.4) is 0 Å². The molecule has 1 N–H and O–H groups in total. The Bertz CT molecular complexity index is 440. The molecule has 1 fully saturated rings. The van der Waals surface area contributed by atoms with E-state index in [0.717, 1.165) is 38.3 Å². The summed E-state index contributed by atoms with van der Waals surface area (Å²) in [5, 5.41) is 9.84. The van der Waals surface area contributed by atoms with Gasteiger partial charge in [0.15, 0.2) is 0 Å². The Kier molecular flexibility index (Phi) is 4.30. The molecule has 0 aromatic heterocycles. The number of amides is 1. The van der Waals surface area contributed by atoms with Gasteiger partial charge in [-0.25, -0.2) is 0 Å². The highest BCUT2D eigenvalue weighted by atomic mass is 16.3. The van der Waals surface area contributed by atoms with Crippen molar-refractivity contribution >= 4 is 11.6 Å². The second kappa shape index (κ2) is 5.95. The van der Waals surface area contributed by atoms with Gasteiger partial charge >= 0.3 is 0 Å². The number of piperazine rings is 1. The molecule has 0 bridgehead atoms. The number of phenols is 1. The molecule has 0 spiro atoms. The van der Waals surface area contributed by atoms with Crippen molar-refractivity contribution in [3.63, 3.8) is 0 Å². The van der Waals surface area contributed by atoms with Gasteiger partial charge in [0.05, 0.1) is 5.69 Å². The molecular formula is C15H22N2O2. The fourth-order valence-corrected chi connectivity index (χ4v) is 2.39. The summed E-state index contributed by atoms with van der Waals surface area (Å²) in [6.45, 7) is 7.05. The Labute approximate surface area is 114 Å². The van der Waals surface area contributed by atoms with Crippen LogP contribution in [0.25, 0.3) is 0 Å². The highest BCUT2D eigenvalue weighted by molar-refractivity contribution is 5.78. The number of rotatable bonds is 3. The highest BCUT2D eigenvalue weighted by Gasteiger charge is 2.24. The van der Waals surface area contributed by atoms with Crippen molar-refractivity contribution in [2.45, 2.75) is 20.3 Å². The third kappa shape index (κ3) is 3.00. The van der Waals surface area contributed by atoms with E-state index in [-0.39, 0.29) is 11.8 Å². The first-order chi connectivity index (χ1) is 9.13. The smallest absolute Gasteiger partial charge is 0.225 e. The molecule has 1 amide bonds. The minimum atomic E-state index is 0.108. The topological polar surface area (TPSA) is 43.8 Å². The average Bonchev–Trinajstić information content (AvgIpc) is 2.46. The lowest BCUT2D eigenvalue weighted by molar-refractivity contribution is -0.135. The van der Waals surface area contributed by atoms with Gasteiger partial charge in [0.1, 0.15) is 5.75 Å². The van der Waals surface area contributed by atoms with E-state index in [4.69, 9.17) is 0 Å². The van der Waals surface area contributed by atoms with Crippen LogP contribution in [-0.4, -0.2) is 42.1 Å². The quantitative estimate of drug-likeness (QED) is 0.907. The van der Waals surface area contributed by atoms with E-state index in [2.05, 4.69) is 4.90 Å². The molecule has 19 heavy (non-hydrogen) atoms. The van der Waals surface area contributed by atoms with Gasteiger partial charge in [-0.05, 0) is 18.6 Å². The molecule has 0 radical (unpaired) electrons. The summed E-state index contributed by atoms with van der Waals surface area (Å²) in [5.41, 5.74) is 0.859. The normalized spacial score (nSPS) is 17.4. The van der Waals surface area contributed by atoms with Gasteiger partial charge in [-0.2, -0.15) is 0 Å². The molecule has 104 valence electrons. The maximum Gasteiger partial charge on any atom is 0.225 e. The molecule has 1 heterocycles. The number of aromatic hydroxyl groups is 1. The number of hydrogen-bond acceptors (Lipinski definition) is 3. The summed E-state index contributed by atoms with van der Waals surface area (Å²) in [7, 11) is 0. The molecule has 0 saturated carbocycles. The Balaban J connectivity index is 1.96. The molecule has 4 nitrogen and oxygen atoms in total. The molecule has 1 atom stereocenters. The number of nitrogens with zero attached hydrogens (tertiary/aromatic N) is 2. The number of carbonyl (C=O) groups is 1. The SMILES string of the molecule is CCC(C)C(=O)N1CCN(c2ccccc2O)CC1. The number of para-hydroxylation sites is 2. The molecule has 1 aromatic carbocycles. The molecule has 1 aliphatic rings. The highest BCUT2D eigenvalue weighted by Crippen LogP contribution is 2.27. The van der Waals surface area contributed by atoms with Gasteiger partial charge in [-0.15, -0.1) is 0 Å². The van der Waals surface area contributed by atoms with Crippen LogP contribution in [0.5, 0.6) is 5.75 Å². The van der Waals surface area contributed by atoms with Crippen molar-refractivity contribution in [3.05, 3.63) is 24.3 Å². The van der Waals surface area contributed by atoms with Crippen LogP contribution in [0, 0.1) is 5.92 Å². The Hall–Kier alpha value is -1.71. The Morgan fingerprint density at radius 1 is 1.26 bits per heavy atom. The monoisotopic (exact) mass is 262 g/mol. The number of hydrogen-bond donors (Lipinski definition) is 1. The van der Waals surface area contributed by atoms with Crippen LogP contribution in [0.2, 0.25) is 0 Å². The van der Waals surface area contributed by atoms with Gasteiger partial charge < -0.3 is 14.9 Å². The molecule has 0 aliphatic carbocycles. The average molecular weight is 262 g/mol. The maximum absolute atomic E-state index is 12.1. The van der Waals surface area contributed by atoms with Crippen molar-refractivity contribution in [1.82, 2.24) is 4.90 Å². The number of anilines is 1. The summed E-state index contributed by atoms with van der Waals surface area (Å²) in [4.78, 5) is 16.2. The van der Waals surface area contributed by atoms with Crippen LogP contribution in [0.15, 0.2) is 24.3 Å². The maximum atomic E-state index is 12.1. The largest absolute Gasteiger partial charge is 0.506 e. The first kappa shape index (κ1) is 13.7. The summed E-state index contributed by atoms with van der Waals surface area (Å²) >= 11 is 0. The molecule has 1 aliphatic heterocycles. The molecule has 2 rings (SSSR count). The minimum absolute atomic E-state index is 0.108. The molecular weight excluding hydrogens is 240 g/mol. The van der Waals surface area contributed by atoms with Crippen LogP contribution in [0.1, 0.15) is 20.3 Å². The first-order valence-electron chi connectivity index (χ1n) is 6.95. The zero-order valence-electron chi connectivity index (χ0n) is 11.7. The van der Waals surface area contributed by atoms with Crippen molar-refractivity contribution in [3.8, 4) is 5.75 Å². The molecule has 4 heteroatoms. The van der Waals surface area contributed by atoms with Gasteiger partial charge in [0.25, 0.3) is 0 Å². The van der Waals surface area contributed by atoms with E-state index in [1.165, 1.54) is 0 Å². The predicted molar refractivity (Wildman–Crippen MR) is 76.4 cm³/mol. The fraction of sp³-hybridized carbons (Fsp3) is 0.533. The second-order valence-electron chi connectivity index (χ2n) is 5.11. The van der Waals surface area contributed by atoms with Crippen molar-refractivity contribution < 1.29 is 9.90 Å². The van der Waals surface area contributed by atoms with Crippen LogP contribution in [0.4, 0.5) is 5.69 Å². The lowest BCUT2D eigenvalue weighted by Gasteiger charge is -2.37. The number of phenolic OH excluding ortho intramolecular Hbond substituents is 1. The molecule has 1 aromatic rings. The van der Waals surface area contributed by atoms with Crippen LogP contribution in [-0.2, 0) is 4.79 Å². The molecule has 1 unspecified atom stereocenters. The number of carbonyl (C=O) groups excluding carboxylic acids is 1. The lowest BCUT2D eigenvalue weighted by Crippen LogP contribution is -2.50. The molecule has 1 saturated heterocycles. The van der Waals surface area contributed by atoms with Crippen molar-refractivity contribution in [2.24, 2.45) is 5.92 Å². The van der Waals surface area contributed by atoms with E-state index < -0.39 is 0 Å². The zero-order chi connectivity index (χ0) is 13.8. The standard InChI is InChI=1S/C15H22N2O2/c1-3-12(2)15(19)17-10-8-16(9-11-17)13-6-4-5-7-14(13)18/h4-7,12,18H,3,8-11H2,1-2H3.